The van der Waals surface area contributed by atoms with E-state index in [2.05, 4.69) is 20.3 Å². The van der Waals surface area contributed by atoms with Gasteiger partial charge in [-0.1, -0.05) is 12.1 Å². The number of aromatic nitrogens is 3. The van der Waals surface area contributed by atoms with Gasteiger partial charge in [0.1, 0.15) is 5.82 Å². The molecule has 1 saturated carbocycles. The number of nitrogen functional groups attached to an aromatic ring is 1. The van der Waals surface area contributed by atoms with Crippen LogP contribution in [0.4, 0.5) is 5.82 Å². The Morgan fingerprint density at radius 2 is 1.94 bits per heavy atom. The van der Waals surface area contributed by atoms with E-state index in [4.69, 9.17) is 15.2 Å². The van der Waals surface area contributed by atoms with Crippen LogP contribution in [0, 0.1) is 0 Å². The number of aryl methyl sites for hydroxylation is 1. The van der Waals surface area contributed by atoms with Crippen LogP contribution < -0.4 is 20.5 Å². The van der Waals surface area contributed by atoms with Crippen LogP contribution in [0.5, 0.6) is 11.5 Å². The molecule has 1 aliphatic carbocycles. The zero-order chi connectivity index (χ0) is 25.0. The summed E-state index contributed by atoms with van der Waals surface area (Å²) in [6.45, 7) is 1.06. The van der Waals surface area contributed by atoms with Crippen LogP contribution >= 0.6 is 0 Å². The largest absolute Gasteiger partial charge is 0.493 e. The number of imidazole rings is 1. The normalized spacial score (nSPS) is 13.9. The number of anilines is 1. The smallest absolute Gasteiger partial charge is 0.230 e. The summed E-state index contributed by atoms with van der Waals surface area (Å²) in [7, 11) is 1.63. The van der Waals surface area contributed by atoms with E-state index in [0.717, 1.165) is 54.3 Å². The fraction of sp³-hybridized carbons (Fsp3) is 0.321. The van der Waals surface area contributed by atoms with Crippen molar-refractivity contribution in [3.05, 3.63) is 77.7 Å². The molecule has 0 bridgehead atoms. The summed E-state index contributed by atoms with van der Waals surface area (Å²) >= 11 is 0. The number of methoxy groups -OCH3 is 1. The number of carbonyl (C=O) groups excluding carboxylic acids is 1. The van der Waals surface area contributed by atoms with E-state index in [-0.39, 0.29) is 5.91 Å². The van der Waals surface area contributed by atoms with Gasteiger partial charge >= 0.3 is 0 Å². The number of pyridine rings is 1. The van der Waals surface area contributed by atoms with Crippen LogP contribution in [0.1, 0.15) is 42.4 Å². The van der Waals surface area contributed by atoms with E-state index >= 15 is 0 Å². The monoisotopic (exact) mass is 485 g/mol. The summed E-state index contributed by atoms with van der Waals surface area (Å²) in [6, 6.07) is 15.7. The third kappa shape index (κ3) is 5.12. The summed E-state index contributed by atoms with van der Waals surface area (Å²) in [5.74, 6) is 1.93. The molecule has 8 nitrogen and oxygen atoms in total. The van der Waals surface area contributed by atoms with E-state index in [1.54, 1.807) is 19.6 Å². The van der Waals surface area contributed by atoms with Crippen LogP contribution in [0.15, 0.2) is 61.1 Å². The first-order valence-electron chi connectivity index (χ1n) is 12.3. The molecule has 0 aliphatic heterocycles. The molecule has 0 unspecified atom stereocenters. The molecular weight excluding hydrogens is 454 g/mol. The van der Waals surface area contributed by atoms with Gasteiger partial charge in [0.15, 0.2) is 11.5 Å². The van der Waals surface area contributed by atoms with Crippen molar-refractivity contribution in [1.29, 1.82) is 0 Å². The fourth-order valence-electron chi connectivity index (χ4n) is 4.56. The minimum Gasteiger partial charge on any atom is -0.493 e. The lowest BCUT2D eigenvalue weighted by atomic mass is 9.94. The van der Waals surface area contributed by atoms with E-state index < -0.39 is 5.41 Å². The molecule has 0 atom stereocenters. The van der Waals surface area contributed by atoms with Crippen molar-refractivity contribution in [2.75, 3.05) is 19.5 Å². The highest BCUT2D eigenvalue weighted by atomic mass is 16.5. The quantitative estimate of drug-likeness (QED) is 0.273. The van der Waals surface area contributed by atoms with E-state index in [1.807, 2.05) is 48.5 Å². The van der Waals surface area contributed by atoms with Gasteiger partial charge in [0.05, 0.1) is 36.5 Å². The first-order chi connectivity index (χ1) is 17.6. The number of amides is 1. The summed E-state index contributed by atoms with van der Waals surface area (Å²) in [5.41, 5.74) is 10.3. The number of nitrogens with zero attached hydrogens (tertiary/aromatic N) is 2. The summed E-state index contributed by atoms with van der Waals surface area (Å²) in [4.78, 5) is 24.5. The van der Waals surface area contributed by atoms with Gasteiger partial charge in [-0.05, 0) is 85.2 Å². The molecule has 5 rings (SSSR count). The minimum atomic E-state index is -0.504. The summed E-state index contributed by atoms with van der Waals surface area (Å²) < 4.78 is 11.6. The maximum Gasteiger partial charge on any atom is 0.230 e. The molecule has 186 valence electrons. The third-order valence-electron chi connectivity index (χ3n) is 6.80. The summed E-state index contributed by atoms with van der Waals surface area (Å²) in [6.07, 6.45) is 7.87. The third-order valence-corrected chi connectivity index (χ3v) is 6.80. The van der Waals surface area contributed by atoms with Crippen molar-refractivity contribution in [3.63, 3.8) is 0 Å². The average Bonchev–Trinajstić information content (AvgIpc) is 3.58. The highest BCUT2D eigenvalue weighted by Crippen LogP contribution is 2.50. The Bertz CT molecular complexity index is 1360. The lowest BCUT2D eigenvalue weighted by molar-refractivity contribution is -0.123. The number of H-pyrrole nitrogens is 1. The second kappa shape index (κ2) is 10.3. The zero-order valence-corrected chi connectivity index (χ0v) is 20.4. The molecule has 0 radical (unpaired) electrons. The first-order valence-corrected chi connectivity index (χ1v) is 12.3. The number of hydrogen-bond donors (Lipinski definition) is 3. The number of nitrogens with one attached hydrogen (secondary N) is 2. The molecular formula is C28H31N5O3. The molecule has 8 heteroatoms. The maximum atomic E-state index is 13.2. The number of aromatic amines is 1. The number of carbonyl (C=O) groups is 1. The van der Waals surface area contributed by atoms with Crippen molar-refractivity contribution in [3.8, 4) is 11.5 Å². The fourth-order valence-corrected chi connectivity index (χ4v) is 4.56. The predicted octanol–water partition coefficient (Wildman–Crippen LogP) is 4.30. The highest BCUT2D eigenvalue weighted by Gasteiger charge is 2.51. The lowest BCUT2D eigenvalue weighted by Crippen LogP contribution is -2.34. The van der Waals surface area contributed by atoms with Crippen LogP contribution in [0.2, 0.25) is 0 Å². The van der Waals surface area contributed by atoms with Crippen LogP contribution in [-0.4, -0.2) is 34.6 Å². The number of unbranched alkanes of at least 4 members (excludes halogenated alkanes) is 1. The Labute approximate surface area is 210 Å². The van der Waals surface area contributed by atoms with Gasteiger partial charge in [-0.2, -0.15) is 0 Å². The first kappa shape index (κ1) is 23.7. The number of hydrogen-bond acceptors (Lipinski definition) is 6. The molecule has 36 heavy (non-hydrogen) atoms. The Balaban J connectivity index is 1.16. The SMILES string of the molecule is COc1cc(C2(C(=O)NCc3ccc4nc[nH]c4c3)CC2)ccc1OCCCCc1ccnc(N)c1. The Kier molecular flexibility index (Phi) is 6.75. The molecule has 1 aliphatic rings. The van der Waals surface area contributed by atoms with E-state index in [9.17, 15) is 4.79 Å². The van der Waals surface area contributed by atoms with Crippen molar-refractivity contribution < 1.29 is 14.3 Å². The number of nitrogens with two attached hydrogens (primary N) is 1. The predicted molar refractivity (Wildman–Crippen MR) is 139 cm³/mol. The molecule has 2 aromatic heterocycles. The molecule has 2 aromatic carbocycles. The van der Waals surface area contributed by atoms with Gasteiger partial charge < -0.3 is 25.5 Å². The van der Waals surface area contributed by atoms with Crippen LogP contribution in [0.3, 0.4) is 0 Å². The topological polar surface area (TPSA) is 115 Å². The van der Waals surface area contributed by atoms with Gasteiger partial charge in [0.25, 0.3) is 0 Å². The maximum absolute atomic E-state index is 13.2. The van der Waals surface area contributed by atoms with Crippen molar-refractivity contribution in [1.82, 2.24) is 20.3 Å². The van der Waals surface area contributed by atoms with Gasteiger partial charge in [0.2, 0.25) is 5.91 Å². The van der Waals surface area contributed by atoms with E-state index in [1.165, 1.54) is 5.56 Å². The molecule has 2 heterocycles. The highest BCUT2D eigenvalue weighted by molar-refractivity contribution is 5.91. The number of fused-ring (bicyclic) bond motifs is 1. The molecule has 4 N–H and O–H groups in total. The Morgan fingerprint density at radius 3 is 2.75 bits per heavy atom. The van der Waals surface area contributed by atoms with Gasteiger partial charge in [-0.3, -0.25) is 4.79 Å². The second-order valence-electron chi connectivity index (χ2n) is 9.28. The minimum absolute atomic E-state index is 0.0414. The number of ether oxygens (including phenoxy) is 2. The Morgan fingerprint density at radius 1 is 1.06 bits per heavy atom. The second-order valence-corrected chi connectivity index (χ2v) is 9.28. The van der Waals surface area contributed by atoms with Crippen molar-refractivity contribution in [2.45, 2.75) is 44.1 Å². The molecule has 0 saturated heterocycles. The van der Waals surface area contributed by atoms with Gasteiger partial charge in [-0.15, -0.1) is 0 Å². The van der Waals surface area contributed by atoms with Crippen molar-refractivity contribution in [2.24, 2.45) is 0 Å². The van der Waals surface area contributed by atoms with E-state index in [0.29, 0.717) is 30.5 Å². The lowest BCUT2D eigenvalue weighted by Gasteiger charge is -2.18. The standard InChI is InChI=1S/C28H31N5O3/c1-35-25-16-21(6-8-24(25)36-13-3-2-4-19-9-12-30-26(29)15-19)28(10-11-28)27(34)31-17-20-5-7-22-23(14-20)33-18-32-22/h5-9,12,14-16,18H,2-4,10-11,13,17H2,1H3,(H2,29,30)(H,31,34)(H,32,33). The Hall–Kier alpha value is -4.07. The van der Waals surface area contributed by atoms with Gasteiger partial charge in [-0.25, -0.2) is 9.97 Å². The molecule has 4 aromatic rings. The zero-order valence-electron chi connectivity index (χ0n) is 20.4. The van der Waals surface area contributed by atoms with Crippen LogP contribution in [0.25, 0.3) is 11.0 Å². The average molecular weight is 486 g/mol. The van der Waals surface area contributed by atoms with Crippen LogP contribution in [-0.2, 0) is 23.2 Å². The van der Waals surface area contributed by atoms with Gasteiger partial charge in [0, 0.05) is 12.7 Å². The molecule has 1 amide bonds. The van der Waals surface area contributed by atoms with Crippen molar-refractivity contribution >= 4 is 22.8 Å². The summed E-state index contributed by atoms with van der Waals surface area (Å²) in [5, 5.41) is 3.12. The number of benzene rings is 2. The number of rotatable bonds is 11. The molecule has 0 spiro atoms. The molecule has 1 fully saturated rings.